The highest BCUT2D eigenvalue weighted by Gasteiger charge is 2.52. The fraction of sp³-hybridized carbons (Fsp3) is 0.130. The second-order valence-corrected chi connectivity index (χ2v) is 8.10. The van der Waals surface area contributed by atoms with Gasteiger partial charge in [0.25, 0.3) is 17.7 Å². The van der Waals surface area contributed by atoms with Gasteiger partial charge in [0, 0.05) is 11.3 Å². The predicted octanol–water partition coefficient (Wildman–Crippen LogP) is 3.50. The number of hydrazine groups is 1. The third-order valence-electron chi connectivity index (χ3n) is 5.23. The Bertz CT molecular complexity index is 1180. The van der Waals surface area contributed by atoms with Gasteiger partial charge >= 0.3 is 6.03 Å². The molecule has 1 fully saturated rings. The number of carbonyl (C=O) groups excluding carboxylic acids is 4. The van der Waals surface area contributed by atoms with Gasteiger partial charge in [0.2, 0.25) is 0 Å². The van der Waals surface area contributed by atoms with Crippen molar-refractivity contribution in [3.63, 3.8) is 0 Å². The van der Waals surface area contributed by atoms with Gasteiger partial charge in [-0.25, -0.2) is 4.79 Å². The Labute approximate surface area is 188 Å². The topological polar surface area (TPSA) is 108 Å². The van der Waals surface area contributed by atoms with E-state index in [1.54, 1.807) is 60.8 Å². The fourth-order valence-corrected chi connectivity index (χ4v) is 4.16. The standard InChI is InChI=1S/C23H20N4O4S/c1-2-23(16-9-4-3-5-10-16)21(30)27(22(31)25-23)26-19(28)15-8-6-11-17(14-15)24-20(29)18-12-7-13-32-18/h3-14H,2H2,1H3,(H,24,29)(H,25,31)(H,26,28)/t23-/m0/s1. The third kappa shape index (κ3) is 3.85. The van der Waals surface area contributed by atoms with E-state index in [0.717, 1.165) is 0 Å². The number of nitrogens with one attached hydrogen (secondary N) is 3. The molecule has 1 aliphatic rings. The minimum atomic E-state index is -1.25. The molecule has 3 aromatic rings. The maximum Gasteiger partial charge on any atom is 0.344 e. The molecule has 8 nitrogen and oxygen atoms in total. The number of anilines is 1. The summed E-state index contributed by atoms with van der Waals surface area (Å²) in [6.45, 7) is 1.79. The van der Waals surface area contributed by atoms with Gasteiger partial charge < -0.3 is 10.6 Å². The van der Waals surface area contributed by atoms with Crippen LogP contribution in [0.15, 0.2) is 72.1 Å². The van der Waals surface area contributed by atoms with Crippen molar-refractivity contribution in [2.45, 2.75) is 18.9 Å². The molecule has 32 heavy (non-hydrogen) atoms. The van der Waals surface area contributed by atoms with Crippen molar-refractivity contribution in [3.05, 3.63) is 88.1 Å². The van der Waals surface area contributed by atoms with E-state index in [1.807, 2.05) is 6.07 Å². The molecule has 162 valence electrons. The predicted molar refractivity (Wildman–Crippen MR) is 120 cm³/mol. The van der Waals surface area contributed by atoms with Gasteiger partial charge in [-0.2, -0.15) is 5.01 Å². The van der Waals surface area contributed by atoms with Crippen molar-refractivity contribution in [2.75, 3.05) is 5.32 Å². The van der Waals surface area contributed by atoms with Crippen LogP contribution in [0.1, 0.15) is 38.9 Å². The number of carbonyl (C=O) groups is 4. The lowest BCUT2D eigenvalue weighted by atomic mass is 9.87. The van der Waals surface area contributed by atoms with Gasteiger partial charge in [0.05, 0.1) is 4.88 Å². The number of urea groups is 1. The largest absolute Gasteiger partial charge is 0.344 e. The molecule has 1 aromatic heterocycles. The van der Waals surface area contributed by atoms with Gasteiger partial charge in [-0.3, -0.25) is 19.8 Å². The normalized spacial score (nSPS) is 17.7. The van der Waals surface area contributed by atoms with Crippen molar-refractivity contribution in [1.82, 2.24) is 15.8 Å². The maximum atomic E-state index is 13.2. The summed E-state index contributed by atoms with van der Waals surface area (Å²) >= 11 is 1.30. The molecular weight excluding hydrogens is 428 g/mol. The van der Waals surface area contributed by atoms with Crippen LogP contribution in [0, 0.1) is 0 Å². The molecule has 1 aliphatic heterocycles. The lowest BCUT2D eigenvalue weighted by Gasteiger charge is -2.25. The number of rotatable bonds is 6. The minimum Gasteiger partial charge on any atom is -0.321 e. The van der Waals surface area contributed by atoms with Crippen LogP contribution in [-0.4, -0.2) is 28.8 Å². The monoisotopic (exact) mass is 448 g/mol. The molecule has 0 spiro atoms. The molecule has 0 radical (unpaired) electrons. The van der Waals surface area contributed by atoms with Crippen LogP contribution >= 0.6 is 11.3 Å². The second-order valence-electron chi connectivity index (χ2n) is 7.15. The van der Waals surface area contributed by atoms with E-state index in [-0.39, 0.29) is 11.5 Å². The van der Waals surface area contributed by atoms with Gasteiger partial charge in [-0.05, 0) is 41.6 Å². The highest BCUT2D eigenvalue weighted by molar-refractivity contribution is 7.12. The lowest BCUT2D eigenvalue weighted by molar-refractivity contribution is -0.133. The Morgan fingerprint density at radius 2 is 1.78 bits per heavy atom. The van der Waals surface area contributed by atoms with Gasteiger partial charge in [-0.15, -0.1) is 11.3 Å². The molecule has 1 saturated heterocycles. The van der Waals surface area contributed by atoms with E-state index in [4.69, 9.17) is 0 Å². The first-order valence-corrected chi connectivity index (χ1v) is 10.8. The van der Waals surface area contributed by atoms with E-state index in [0.29, 0.717) is 27.6 Å². The average molecular weight is 449 g/mol. The summed E-state index contributed by atoms with van der Waals surface area (Å²) in [6, 6.07) is 17.9. The first-order valence-electron chi connectivity index (χ1n) is 9.93. The first-order chi connectivity index (χ1) is 15.4. The number of hydrogen-bond donors (Lipinski definition) is 3. The highest BCUT2D eigenvalue weighted by Crippen LogP contribution is 2.31. The summed E-state index contributed by atoms with van der Waals surface area (Å²) < 4.78 is 0. The molecule has 0 bridgehead atoms. The zero-order chi connectivity index (χ0) is 22.7. The molecule has 9 heteroatoms. The zero-order valence-electron chi connectivity index (χ0n) is 17.1. The van der Waals surface area contributed by atoms with Gasteiger partial charge in [0.1, 0.15) is 5.54 Å². The number of benzene rings is 2. The molecule has 3 N–H and O–H groups in total. The number of hydrogen-bond acceptors (Lipinski definition) is 5. The van der Waals surface area contributed by atoms with Crippen LogP contribution in [0.5, 0.6) is 0 Å². The quantitative estimate of drug-likeness (QED) is 0.502. The summed E-state index contributed by atoms with van der Waals surface area (Å²) in [5, 5.41) is 7.93. The van der Waals surface area contributed by atoms with Gasteiger partial charge in [0.15, 0.2) is 0 Å². The second kappa shape index (κ2) is 8.64. The molecule has 4 rings (SSSR count). The molecule has 0 aliphatic carbocycles. The molecular formula is C23H20N4O4S. The molecule has 5 amide bonds. The highest BCUT2D eigenvalue weighted by atomic mass is 32.1. The molecule has 0 unspecified atom stereocenters. The number of thiophene rings is 1. The van der Waals surface area contributed by atoms with Crippen LogP contribution < -0.4 is 16.1 Å². The maximum absolute atomic E-state index is 13.2. The Morgan fingerprint density at radius 3 is 2.47 bits per heavy atom. The number of amides is 5. The number of imide groups is 1. The Morgan fingerprint density at radius 1 is 1.00 bits per heavy atom. The van der Waals surface area contributed by atoms with Crippen molar-refractivity contribution >= 4 is 40.8 Å². The summed E-state index contributed by atoms with van der Waals surface area (Å²) in [4.78, 5) is 51.3. The Balaban J connectivity index is 1.51. The van der Waals surface area contributed by atoms with Crippen molar-refractivity contribution in [3.8, 4) is 0 Å². The molecule has 0 saturated carbocycles. The minimum absolute atomic E-state index is 0.184. The van der Waals surface area contributed by atoms with Crippen LogP contribution in [0.4, 0.5) is 10.5 Å². The van der Waals surface area contributed by atoms with Crippen LogP contribution in [0.2, 0.25) is 0 Å². The Hall–Kier alpha value is -3.98. The summed E-state index contributed by atoms with van der Waals surface area (Å²) in [6.07, 6.45) is 0.318. The third-order valence-corrected chi connectivity index (χ3v) is 6.10. The molecule has 1 atom stereocenters. The smallest absolute Gasteiger partial charge is 0.321 e. The molecule has 2 heterocycles. The summed E-state index contributed by atoms with van der Waals surface area (Å²) in [7, 11) is 0. The van der Waals surface area contributed by atoms with E-state index < -0.39 is 23.4 Å². The average Bonchev–Trinajstić information content (AvgIpc) is 3.43. The molecule has 2 aromatic carbocycles. The van der Waals surface area contributed by atoms with Crippen molar-refractivity contribution < 1.29 is 19.2 Å². The van der Waals surface area contributed by atoms with E-state index >= 15 is 0 Å². The van der Waals surface area contributed by atoms with E-state index in [9.17, 15) is 19.2 Å². The van der Waals surface area contributed by atoms with Gasteiger partial charge in [-0.1, -0.05) is 49.4 Å². The zero-order valence-corrected chi connectivity index (χ0v) is 17.9. The van der Waals surface area contributed by atoms with E-state index in [1.165, 1.54) is 23.5 Å². The number of nitrogens with zero attached hydrogens (tertiary/aromatic N) is 1. The van der Waals surface area contributed by atoms with E-state index in [2.05, 4.69) is 16.1 Å². The first kappa shape index (κ1) is 21.3. The SMILES string of the molecule is CC[C@@]1(c2ccccc2)NC(=O)N(NC(=O)c2cccc(NC(=O)c3cccs3)c2)C1=O. The van der Waals surface area contributed by atoms with Crippen LogP contribution in [0.25, 0.3) is 0 Å². The lowest BCUT2D eigenvalue weighted by Crippen LogP contribution is -2.48. The summed E-state index contributed by atoms with van der Waals surface area (Å²) in [5.41, 5.74) is 2.37. The van der Waals surface area contributed by atoms with Crippen molar-refractivity contribution in [1.29, 1.82) is 0 Å². The fourth-order valence-electron chi connectivity index (χ4n) is 3.54. The van der Waals surface area contributed by atoms with Crippen LogP contribution in [0.3, 0.4) is 0 Å². The van der Waals surface area contributed by atoms with Crippen LogP contribution in [-0.2, 0) is 10.3 Å². The summed E-state index contributed by atoms with van der Waals surface area (Å²) in [5.74, 6) is -1.50. The van der Waals surface area contributed by atoms with Crippen molar-refractivity contribution in [2.24, 2.45) is 0 Å². The Kier molecular flexibility index (Phi) is 5.74.